The van der Waals surface area contributed by atoms with Crippen LogP contribution in [0.2, 0.25) is 0 Å². The van der Waals surface area contributed by atoms with Gasteiger partial charge in [-0.05, 0) is 70.4 Å². The van der Waals surface area contributed by atoms with E-state index in [4.69, 9.17) is 0 Å². The third-order valence-electron chi connectivity index (χ3n) is 6.02. The number of H-pyrrole nitrogens is 1. The number of hydrogen-bond acceptors (Lipinski definition) is 3. The average molecular weight is 316 g/mol. The predicted octanol–water partition coefficient (Wildman–Crippen LogP) is 2.28. The summed E-state index contributed by atoms with van der Waals surface area (Å²) >= 11 is 0. The van der Waals surface area contributed by atoms with E-state index in [1.165, 1.54) is 63.7 Å². The van der Waals surface area contributed by atoms with Gasteiger partial charge in [-0.3, -0.25) is 9.89 Å². The van der Waals surface area contributed by atoms with Crippen molar-refractivity contribution in [3.63, 3.8) is 0 Å². The van der Waals surface area contributed by atoms with Crippen LogP contribution in [0.15, 0.2) is 0 Å². The van der Waals surface area contributed by atoms with Crippen LogP contribution in [0.25, 0.3) is 0 Å². The van der Waals surface area contributed by atoms with Crippen molar-refractivity contribution in [3.8, 4) is 0 Å². The van der Waals surface area contributed by atoms with E-state index in [2.05, 4.69) is 20.4 Å². The molecule has 0 aromatic carbocycles. The minimum absolute atomic E-state index is 0.0253. The number of fused-ring (bicyclic) bond motifs is 2. The smallest absolute Gasteiger partial charge is 0.272 e. The molecule has 0 spiro atoms. The molecule has 0 unspecified atom stereocenters. The number of aromatic nitrogens is 2. The number of carbonyl (C=O) groups excluding carboxylic acids is 1. The lowest BCUT2D eigenvalue weighted by atomic mass is 9.83. The van der Waals surface area contributed by atoms with Crippen molar-refractivity contribution in [2.75, 3.05) is 19.6 Å². The van der Waals surface area contributed by atoms with Gasteiger partial charge in [0.1, 0.15) is 0 Å². The molecule has 2 saturated heterocycles. The largest absolute Gasteiger partial charge is 0.350 e. The Labute approximate surface area is 138 Å². The first-order valence-electron chi connectivity index (χ1n) is 9.41. The van der Waals surface area contributed by atoms with E-state index in [9.17, 15) is 4.79 Å². The molecule has 0 bridgehead atoms. The Morgan fingerprint density at radius 1 is 1.13 bits per heavy atom. The van der Waals surface area contributed by atoms with E-state index in [0.717, 1.165) is 24.9 Å². The van der Waals surface area contributed by atoms with Gasteiger partial charge in [-0.25, -0.2) is 0 Å². The molecule has 2 aliphatic heterocycles. The highest BCUT2D eigenvalue weighted by Crippen LogP contribution is 2.30. The van der Waals surface area contributed by atoms with Crippen molar-refractivity contribution in [3.05, 3.63) is 17.0 Å². The standard InChI is InChI=1S/C18H28N4O/c23-18(17-14-7-1-2-8-15(14)20-21-17)19-12-13-6-5-11-22-10-4-3-9-16(13)22/h13,16H,1-12H2,(H,19,23)(H,20,21)/t13-,16-/m1/s1. The van der Waals surface area contributed by atoms with E-state index in [1.54, 1.807) is 0 Å². The molecular weight excluding hydrogens is 288 g/mol. The van der Waals surface area contributed by atoms with Crippen LogP contribution >= 0.6 is 0 Å². The van der Waals surface area contributed by atoms with E-state index in [1.807, 2.05) is 0 Å². The molecule has 1 aromatic heterocycles. The van der Waals surface area contributed by atoms with Crippen LogP contribution in [-0.4, -0.2) is 46.7 Å². The first kappa shape index (κ1) is 15.2. The summed E-state index contributed by atoms with van der Waals surface area (Å²) in [5.74, 6) is 0.639. The van der Waals surface area contributed by atoms with Gasteiger partial charge < -0.3 is 10.2 Å². The Kier molecular flexibility index (Phi) is 4.38. The van der Waals surface area contributed by atoms with Gasteiger partial charge in [0.2, 0.25) is 0 Å². The predicted molar refractivity (Wildman–Crippen MR) is 89.5 cm³/mol. The summed E-state index contributed by atoms with van der Waals surface area (Å²) in [5, 5.41) is 10.6. The second kappa shape index (κ2) is 6.63. The van der Waals surface area contributed by atoms with Gasteiger partial charge in [0.05, 0.1) is 0 Å². The minimum atomic E-state index is 0.0253. The highest BCUT2D eigenvalue weighted by Gasteiger charge is 2.33. The van der Waals surface area contributed by atoms with Gasteiger partial charge in [0.25, 0.3) is 5.91 Å². The molecule has 126 valence electrons. The number of piperidine rings is 2. The first-order valence-corrected chi connectivity index (χ1v) is 9.41. The summed E-state index contributed by atoms with van der Waals surface area (Å²) in [6.07, 6.45) is 10.9. The minimum Gasteiger partial charge on any atom is -0.350 e. The Morgan fingerprint density at radius 2 is 2.00 bits per heavy atom. The van der Waals surface area contributed by atoms with Crippen molar-refractivity contribution in [1.29, 1.82) is 0 Å². The third-order valence-corrected chi connectivity index (χ3v) is 6.02. The number of carbonyl (C=O) groups is 1. The van der Waals surface area contributed by atoms with E-state index < -0.39 is 0 Å². The second-order valence-corrected chi connectivity index (χ2v) is 7.45. The lowest BCUT2D eigenvalue weighted by Crippen LogP contribution is -2.51. The first-order chi connectivity index (χ1) is 11.3. The van der Waals surface area contributed by atoms with Crippen molar-refractivity contribution >= 4 is 5.91 Å². The van der Waals surface area contributed by atoms with E-state index >= 15 is 0 Å². The Hall–Kier alpha value is -1.36. The molecule has 2 fully saturated rings. The van der Waals surface area contributed by atoms with Crippen molar-refractivity contribution in [1.82, 2.24) is 20.4 Å². The van der Waals surface area contributed by atoms with Crippen LogP contribution in [0.1, 0.15) is 66.7 Å². The molecule has 4 rings (SSSR count). The molecule has 0 radical (unpaired) electrons. The molecule has 1 aliphatic carbocycles. The molecule has 2 N–H and O–H groups in total. The zero-order valence-electron chi connectivity index (χ0n) is 13.9. The summed E-state index contributed by atoms with van der Waals surface area (Å²) in [6, 6.07) is 0.686. The van der Waals surface area contributed by atoms with Gasteiger partial charge in [-0.1, -0.05) is 6.42 Å². The zero-order chi connectivity index (χ0) is 15.6. The normalized spacial score (nSPS) is 28.0. The Bertz CT molecular complexity index is 565. The number of aromatic amines is 1. The fourth-order valence-electron chi connectivity index (χ4n) is 4.79. The summed E-state index contributed by atoms with van der Waals surface area (Å²) in [6.45, 7) is 3.31. The summed E-state index contributed by atoms with van der Waals surface area (Å²) in [5.41, 5.74) is 2.99. The Morgan fingerprint density at radius 3 is 2.96 bits per heavy atom. The van der Waals surface area contributed by atoms with Gasteiger partial charge in [0.15, 0.2) is 5.69 Å². The number of nitrogens with one attached hydrogen (secondary N) is 2. The lowest BCUT2D eigenvalue weighted by Gasteiger charge is -2.44. The van der Waals surface area contributed by atoms with Crippen LogP contribution in [0, 0.1) is 5.92 Å². The fraction of sp³-hybridized carbons (Fsp3) is 0.778. The van der Waals surface area contributed by atoms with Gasteiger partial charge >= 0.3 is 0 Å². The second-order valence-electron chi connectivity index (χ2n) is 7.45. The molecule has 1 aromatic rings. The molecule has 3 aliphatic rings. The Balaban J connectivity index is 1.38. The van der Waals surface area contributed by atoms with Crippen molar-refractivity contribution < 1.29 is 4.79 Å². The fourth-order valence-corrected chi connectivity index (χ4v) is 4.79. The number of rotatable bonds is 3. The SMILES string of the molecule is O=C(NC[C@H]1CCCN2CCCC[C@H]12)c1n[nH]c2c1CCCC2. The van der Waals surface area contributed by atoms with E-state index in [-0.39, 0.29) is 5.91 Å². The third kappa shape index (κ3) is 3.03. The molecule has 3 heterocycles. The molecule has 0 saturated carbocycles. The topological polar surface area (TPSA) is 61.0 Å². The van der Waals surface area contributed by atoms with Crippen molar-refractivity contribution in [2.45, 2.75) is 63.8 Å². The van der Waals surface area contributed by atoms with Gasteiger partial charge in [-0.2, -0.15) is 5.10 Å². The number of amides is 1. The summed E-state index contributed by atoms with van der Waals surface area (Å²) < 4.78 is 0. The van der Waals surface area contributed by atoms with Crippen LogP contribution in [0.4, 0.5) is 0 Å². The molecular formula is C18H28N4O. The number of aryl methyl sites for hydroxylation is 1. The van der Waals surface area contributed by atoms with Gasteiger partial charge in [0, 0.05) is 23.8 Å². The van der Waals surface area contributed by atoms with Crippen LogP contribution in [0.5, 0.6) is 0 Å². The van der Waals surface area contributed by atoms with E-state index in [0.29, 0.717) is 17.7 Å². The molecule has 5 nitrogen and oxygen atoms in total. The maximum atomic E-state index is 12.6. The number of nitrogens with zero attached hydrogens (tertiary/aromatic N) is 2. The average Bonchev–Trinajstić information content (AvgIpc) is 3.04. The molecule has 23 heavy (non-hydrogen) atoms. The quantitative estimate of drug-likeness (QED) is 0.899. The molecule has 2 atom stereocenters. The van der Waals surface area contributed by atoms with Gasteiger partial charge in [-0.15, -0.1) is 0 Å². The monoisotopic (exact) mass is 316 g/mol. The number of hydrogen-bond donors (Lipinski definition) is 2. The van der Waals surface area contributed by atoms with Crippen LogP contribution in [0.3, 0.4) is 0 Å². The summed E-state index contributed by atoms with van der Waals surface area (Å²) in [4.78, 5) is 15.2. The lowest BCUT2D eigenvalue weighted by molar-refractivity contribution is 0.0575. The molecule has 5 heteroatoms. The summed E-state index contributed by atoms with van der Waals surface area (Å²) in [7, 11) is 0. The van der Waals surface area contributed by atoms with Crippen molar-refractivity contribution in [2.24, 2.45) is 5.92 Å². The highest BCUT2D eigenvalue weighted by atomic mass is 16.1. The maximum absolute atomic E-state index is 12.6. The maximum Gasteiger partial charge on any atom is 0.272 e. The van der Waals surface area contributed by atoms with Crippen LogP contribution in [-0.2, 0) is 12.8 Å². The highest BCUT2D eigenvalue weighted by molar-refractivity contribution is 5.94. The zero-order valence-corrected chi connectivity index (χ0v) is 13.9. The van der Waals surface area contributed by atoms with Crippen LogP contribution < -0.4 is 5.32 Å². The molecule has 1 amide bonds.